The largest absolute Gasteiger partial charge is 0.489 e. The van der Waals surface area contributed by atoms with E-state index in [1.807, 2.05) is 24.3 Å². The Bertz CT molecular complexity index is 583. The number of hydrogen-bond acceptors (Lipinski definition) is 5. The van der Waals surface area contributed by atoms with Crippen molar-refractivity contribution in [1.29, 1.82) is 0 Å². The first-order valence-corrected chi connectivity index (χ1v) is 7.20. The van der Waals surface area contributed by atoms with E-state index in [4.69, 9.17) is 9.26 Å². The third kappa shape index (κ3) is 2.41. The van der Waals surface area contributed by atoms with Crippen molar-refractivity contribution in [2.75, 3.05) is 13.1 Å². The van der Waals surface area contributed by atoms with Gasteiger partial charge in [0.2, 0.25) is 11.7 Å². The Hall–Kier alpha value is -1.88. The van der Waals surface area contributed by atoms with Crippen LogP contribution in [-0.2, 0) is 0 Å². The van der Waals surface area contributed by atoms with Crippen LogP contribution in [0.4, 0.5) is 0 Å². The zero-order valence-electron chi connectivity index (χ0n) is 11.2. The SMILES string of the molecule is c1cc(-c2noc(C3CC3)n2)ccc1OC1CCNC1. The lowest BCUT2D eigenvalue weighted by Gasteiger charge is -2.12. The molecule has 2 fully saturated rings. The van der Waals surface area contributed by atoms with E-state index in [0.717, 1.165) is 36.7 Å². The standard InChI is InChI=1S/C15H17N3O2/c1-2-11(1)15-17-14(18-20-15)10-3-5-12(6-4-10)19-13-7-8-16-9-13/h3-6,11,13,16H,1-2,7-9H2. The molecule has 1 aromatic carbocycles. The molecule has 1 saturated heterocycles. The predicted octanol–water partition coefficient (Wildman–Crippen LogP) is 2.35. The van der Waals surface area contributed by atoms with E-state index in [-0.39, 0.29) is 6.10 Å². The molecule has 1 atom stereocenters. The highest BCUT2D eigenvalue weighted by Gasteiger charge is 2.29. The highest BCUT2D eigenvalue weighted by Crippen LogP contribution is 2.39. The second-order valence-corrected chi connectivity index (χ2v) is 5.49. The van der Waals surface area contributed by atoms with Gasteiger partial charge in [0.1, 0.15) is 11.9 Å². The quantitative estimate of drug-likeness (QED) is 0.925. The zero-order chi connectivity index (χ0) is 13.4. The average Bonchev–Trinajstić information content (AvgIpc) is 3.00. The lowest BCUT2D eigenvalue weighted by Crippen LogP contribution is -2.19. The molecule has 1 aromatic heterocycles. The number of benzene rings is 1. The van der Waals surface area contributed by atoms with E-state index < -0.39 is 0 Å². The van der Waals surface area contributed by atoms with Gasteiger partial charge >= 0.3 is 0 Å². The maximum absolute atomic E-state index is 5.89. The maximum atomic E-state index is 5.89. The second-order valence-electron chi connectivity index (χ2n) is 5.49. The second kappa shape index (κ2) is 4.90. The third-order valence-corrected chi connectivity index (χ3v) is 3.80. The van der Waals surface area contributed by atoms with Crippen molar-refractivity contribution in [2.45, 2.75) is 31.3 Å². The number of nitrogens with zero attached hydrogens (tertiary/aromatic N) is 2. The summed E-state index contributed by atoms with van der Waals surface area (Å²) in [5.74, 6) is 2.83. The summed E-state index contributed by atoms with van der Waals surface area (Å²) in [5.41, 5.74) is 0.970. The first-order valence-electron chi connectivity index (χ1n) is 7.20. The molecular formula is C15H17N3O2. The van der Waals surface area contributed by atoms with E-state index in [1.165, 1.54) is 12.8 Å². The maximum Gasteiger partial charge on any atom is 0.230 e. The van der Waals surface area contributed by atoms with Crippen LogP contribution in [0.3, 0.4) is 0 Å². The summed E-state index contributed by atoms with van der Waals surface area (Å²) >= 11 is 0. The Morgan fingerprint density at radius 2 is 2.00 bits per heavy atom. The average molecular weight is 271 g/mol. The fraction of sp³-hybridized carbons (Fsp3) is 0.467. The molecule has 1 unspecified atom stereocenters. The normalized spacial score (nSPS) is 22.1. The monoisotopic (exact) mass is 271 g/mol. The van der Waals surface area contributed by atoms with Crippen molar-refractivity contribution in [3.63, 3.8) is 0 Å². The van der Waals surface area contributed by atoms with Gasteiger partial charge in [-0.05, 0) is 50.1 Å². The van der Waals surface area contributed by atoms with Crippen LogP contribution in [0.5, 0.6) is 5.75 Å². The van der Waals surface area contributed by atoms with Crippen LogP contribution in [0.1, 0.15) is 31.1 Å². The molecule has 1 saturated carbocycles. The van der Waals surface area contributed by atoms with Crippen LogP contribution in [0.2, 0.25) is 0 Å². The summed E-state index contributed by atoms with van der Waals surface area (Å²) in [6.07, 6.45) is 3.69. The van der Waals surface area contributed by atoms with E-state index >= 15 is 0 Å². The summed E-state index contributed by atoms with van der Waals surface area (Å²) in [7, 11) is 0. The highest BCUT2D eigenvalue weighted by atomic mass is 16.5. The lowest BCUT2D eigenvalue weighted by molar-refractivity contribution is 0.223. The molecule has 1 aliphatic carbocycles. The summed E-state index contributed by atoms with van der Waals surface area (Å²) in [4.78, 5) is 4.45. The van der Waals surface area contributed by atoms with Crippen LogP contribution in [0.15, 0.2) is 28.8 Å². The molecule has 0 bridgehead atoms. The van der Waals surface area contributed by atoms with Gasteiger partial charge in [-0.3, -0.25) is 0 Å². The molecule has 104 valence electrons. The summed E-state index contributed by atoms with van der Waals surface area (Å²) in [5, 5.41) is 7.34. The first kappa shape index (κ1) is 11.9. The number of rotatable bonds is 4. The number of nitrogens with one attached hydrogen (secondary N) is 1. The van der Waals surface area contributed by atoms with E-state index in [0.29, 0.717) is 11.7 Å². The minimum atomic E-state index is 0.285. The van der Waals surface area contributed by atoms with Gasteiger partial charge in [0.25, 0.3) is 0 Å². The Morgan fingerprint density at radius 3 is 2.70 bits per heavy atom. The molecule has 2 aliphatic rings. The van der Waals surface area contributed by atoms with Crippen molar-refractivity contribution in [3.05, 3.63) is 30.2 Å². The molecule has 4 rings (SSSR count). The Balaban J connectivity index is 1.47. The first-order chi connectivity index (χ1) is 9.88. The molecular weight excluding hydrogens is 254 g/mol. The Morgan fingerprint density at radius 1 is 1.15 bits per heavy atom. The van der Waals surface area contributed by atoms with E-state index in [1.54, 1.807) is 0 Å². The Labute approximate surface area is 117 Å². The fourth-order valence-corrected chi connectivity index (χ4v) is 2.45. The smallest absolute Gasteiger partial charge is 0.230 e. The zero-order valence-corrected chi connectivity index (χ0v) is 11.2. The van der Waals surface area contributed by atoms with Crippen molar-refractivity contribution < 1.29 is 9.26 Å². The molecule has 0 radical (unpaired) electrons. The van der Waals surface area contributed by atoms with Gasteiger partial charge in [-0.15, -0.1) is 0 Å². The van der Waals surface area contributed by atoms with Crippen LogP contribution in [0, 0.1) is 0 Å². The van der Waals surface area contributed by atoms with Crippen molar-refractivity contribution in [3.8, 4) is 17.1 Å². The number of ether oxygens (including phenoxy) is 1. The topological polar surface area (TPSA) is 60.2 Å². The van der Waals surface area contributed by atoms with Crippen molar-refractivity contribution >= 4 is 0 Å². The summed E-state index contributed by atoms with van der Waals surface area (Å²) in [6.45, 7) is 1.97. The highest BCUT2D eigenvalue weighted by molar-refractivity contribution is 5.55. The molecule has 0 spiro atoms. The molecule has 1 aliphatic heterocycles. The molecule has 2 heterocycles. The molecule has 2 aromatic rings. The molecule has 5 heteroatoms. The van der Waals surface area contributed by atoms with E-state index in [9.17, 15) is 0 Å². The van der Waals surface area contributed by atoms with Gasteiger partial charge in [-0.1, -0.05) is 5.16 Å². The van der Waals surface area contributed by atoms with Crippen molar-refractivity contribution in [1.82, 2.24) is 15.5 Å². The van der Waals surface area contributed by atoms with E-state index in [2.05, 4.69) is 15.5 Å². The summed E-state index contributed by atoms with van der Waals surface area (Å²) in [6, 6.07) is 7.92. The fourth-order valence-electron chi connectivity index (χ4n) is 2.45. The van der Waals surface area contributed by atoms with Gasteiger partial charge in [0.05, 0.1) is 0 Å². The molecule has 1 N–H and O–H groups in total. The van der Waals surface area contributed by atoms with Crippen molar-refractivity contribution in [2.24, 2.45) is 0 Å². The minimum Gasteiger partial charge on any atom is -0.489 e. The summed E-state index contributed by atoms with van der Waals surface area (Å²) < 4.78 is 11.2. The molecule has 20 heavy (non-hydrogen) atoms. The predicted molar refractivity (Wildman–Crippen MR) is 73.6 cm³/mol. The van der Waals surface area contributed by atoms with Crippen LogP contribution < -0.4 is 10.1 Å². The number of aromatic nitrogens is 2. The van der Waals surface area contributed by atoms with Crippen LogP contribution >= 0.6 is 0 Å². The Kier molecular flexibility index (Phi) is 2.92. The minimum absolute atomic E-state index is 0.285. The van der Waals surface area contributed by atoms with Gasteiger partial charge < -0.3 is 14.6 Å². The lowest BCUT2D eigenvalue weighted by atomic mass is 10.2. The van der Waals surface area contributed by atoms with Gasteiger partial charge in [0, 0.05) is 18.0 Å². The molecule has 0 amide bonds. The molecule has 5 nitrogen and oxygen atoms in total. The van der Waals surface area contributed by atoms with Crippen LogP contribution in [-0.4, -0.2) is 29.3 Å². The van der Waals surface area contributed by atoms with Gasteiger partial charge in [-0.25, -0.2) is 0 Å². The van der Waals surface area contributed by atoms with Crippen LogP contribution in [0.25, 0.3) is 11.4 Å². The third-order valence-electron chi connectivity index (χ3n) is 3.80. The van der Waals surface area contributed by atoms with Gasteiger partial charge in [0.15, 0.2) is 0 Å². The number of hydrogen-bond donors (Lipinski definition) is 1. The van der Waals surface area contributed by atoms with Gasteiger partial charge in [-0.2, -0.15) is 4.98 Å².